The van der Waals surface area contributed by atoms with Crippen molar-refractivity contribution in [2.75, 3.05) is 23.8 Å². The zero-order valence-corrected chi connectivity index (χ0v) is 11.9. The second-order valence-electron chi connectivity index (χ2n) is 4.10. The summed E-state index contributed by atoms with van der Waals surface area (Å²) in [5.74, 6) is 0.507. The predicted molar refractivity (Wildman–Crippen MR) is 72.3 cm³/mol. The first kappa shape index (κ1) is 14.7. The normalized spacial score (nSPS) is 24.2. The Morgan fingerprint density at radius 2 is 2.35 bits per heavy atom. The highest BCUT2D eigenvalue weighted by molar-refractivity contribution is 7.91. The molecule has 1 saturated heterocycles. The first-order chi connectivity index (χ1) is 7.46. The third-order valence-electron chi connectivity index (χ3n) is 2.74. The molecule has 0 saturated carbocycles. The molecule has 17 heavy (non-hydrogen) atoms. The van der Waals surface area contributed by atoms with Crippen molar-refractivity contribution in [1.82, 2.24) is 9.88 Å². The Kier molecular flexibility index (Phi) is 4.77. The van der Waals surface area contributed by atoms with E-state index < -0.39 is 9.84 Å². The molecular formula is C9H16ClN3O2S2. The van der Waals surface area contributed by atoms with Gasteiger partial charge in [-0.2, -0.15) is 0 Å². The van der Waals surface area contributed by atoms with Crippen molar-refractivity contribution in [1.29, 1.82) is 0 Å². The second kappa shape index (κ2) is 5.51. The number of anilines is 1. The summed E-state index contributed by atoms with van der Waals surface area (Å²) in [6.07, 6.45) is 1.76. The van der Waals surface area contributed by atoms with Gasteiger partial charge in [-0.1, -0.05) is 0 Å². The van der Waals surface area contributed by atoms with Gasteiger partial charge >= 0.3 is 0 Å². The first-order valence-electron chi connectivity index (χ1n) is 5.11. The molecule has 98 valence electrons. The second-order valence-corrected chi connectivity index (χ2v) is 7.47. The van der Waals surface area contributed by atoms with Gasteiger partial charge in [-0.15, -0.1) is 23.7 Å². The first-order valence-corrected chi connectivity index (χ1v) is 7.75. The predicted octanol–water partition coefficient (Wildman–Crippen LogP) is 0.766. The van der Waals surface area contributed by atoms with Crippen LogP contribution < -0.4 is 5.73 Å². The van der Waals surface area contributed by atoms with E-state index in [0.29, 0.717) is 11.7 Å². The fourth-order valence-corrected chi connectivity index (χ4v) is 4.20. The topological polar surface area (TPSA) is 76.3 Å². The number of hydrogen-bond donors (Lipinski definition) is 1. The summed E-state index contributed by atoms with van der Waals surface area (Å²) in [5.41, 5.74) is 5.55. The molecule has 1 aliphatic heterocycles. The number of halogens is 1. The third kappa shape index (κ3) is 3.80. The number of aromatic nitrogens is 1. The Balaban J connectivity index is 0.00000144. The fourth-order valence-electron chi connectivity index (χ4n) is 1.86. The number of nitrogens with two attached hydrogens (primary N) is 1. The molecular weight excluding hydrogens is 282 g/mol. The smallest absolute Gasteiger partial charge is 0.180 e. The van der Waals surface area contributed by atoms with Crippen molar-refractivity contribution < 1.29 is 8.42 Å². The quantitative estimate of drug-likeness (QED) is 0.872. The number of sulfone groups is 1. The van der Waals surface area contributed by atoms with Gasteiger partial charge in [-0.25, -0.2) is 13.4 Å². The van der Waals surface area contributed by atoms with E-state index in [-0.39, 0.29) is 30.0 Å². The molecule has 2 heterocycles. The zero-order valence-electron chi connectivity index (χ0n) is 9.50. The summed E-state index contributed by atoms with van der Waals surface area (Å²) in [4.78, 5) is 7.23. The molecule has 1 aliphatic rings. The summed E-state index contributed by atoms with van der Waals surface area (Å²) in [6, 6.07) is 0.0714. The highest BCUT2D eigenvalue weighted by Gasteiger charge is 2.28. The molecule has 0 amide bonds. The minimum atomic E-state index is -2.83. The Labute approximate surface area is 111 Å². The number of rotatable bonds is 2. The molecule has 1 unspecified atom stereocenters. The molecule has 2 N–H and O–H groups in total. The van der Waals surface area contributed by atoms with Crippen molar-refractivity contribution in [3.63, 3.8) is 0 Å². The lowest BCUT2D eigenvalue weighted by atomic mass is 10.3. The van der Waals surface area contributed by atoms with Crippen molar-refractivity contribution in [3.8, 4) is 0 Å². The van der Waals surface area contributed by atoms with Gasteiger partial charge in [0, 0.05) is 30.2 Å². The molecule has 1 fully saturated rings. The van der Waals surface area contributed by atoms with Crippen molar-refractivity contribution >= 4 is 38.7 Å². The van der Waals surface area contributed by atoms with Gasteiger partial charge in [0.15, 0.2) is 15.0 Å². The largest absolute Gasteiger partial charge is 0.375 e. The van der Waals surface area contributed by atoms with E-state index >= 15 is 0 Å². The molecule has 2 rings (SSSR count). The van der Waals surface area contributed by atoms with Gasteiger partial charge in [0.1, 0.15) is 0 Å². The van der Waals surface area contributed by atoms with Crippen LogP contribution in [0.4, 0.5) is 5.13 Å². The third-order valence-corrected chi connectivity index (χ3v) is 5.34. The minimum Gasteiger partial charge on any atom is -0.375 e. The molecule has 0 aliphatic carbocycles. The molecule has 8 heteroatoms. The molecule has 1 atom stereocenters. The van der Waals surface area contributed by atoms with E-state index in [0.717, 1.165) is 11.4 Å². The minimum absolute atomic E-state index is 0. The summed E-state index contributed by atoms with van der Waals surface area (Å²) in [5, 5.41) is 0.562. The number of nitrogens with zero attached hydrogens (tertiary/aromatic N) is 2. The van der Waals surface area contributed by atoms with E-state index in [1.165, 1.54) is 11.3 Å². The molecule has 1 aromatic rings. The molecule has 0 bridgehead atoms. The zero-order chi connectivity index (χ0) is 11.8. The SMILES string of the molecule is CC1CS(=O)(=O)CCN1Cc1cnc(N)s1.Cl. The van der Waals surface area contributed by atoms with Crippen LogP contribution in [0.1, 0.15) is 11.8 Å². The summed E-state index contributed by atoms with van der Waals surface area (Å²) >= 11 is 1.46. The maximum absolute atomic E-state index is 11.4. The van der Waals surface area contributed by atoms with Crippen LogP contribution in [0.25, 0.3) is 0 Å². The summed E-state index contributed by atoms with van der Waals surface area (Å²) in [6.45, 7) is 3.29. The van der Waals surface area contributed by atoms with Crippen LogP contribution in [0, 0.1) is 0 Å². The van der Waals surface area contributed by atoms with E-state index in [1.807, 2.05) is 6.92 Å². The molecule has 1 aromatic heterocycles. The standard InChI is InChI=1S/C9H15N3O2S2.ClH/c1-7-6-16(13,14)3-2-12(7)5-8-4-11-9(10)15-8;/h4,7H,2-3,5-6H2,1H3,(H2,10,11);1H. The Morgan fingerprint density at radius 1 is 1.65 bits per heavy atom. The van der Waals surface area contributed by atoms with Gasteiger partial charge in [0.05, 0.1) is 11.5 Å². The lowest BCUT2D eigenvalue weighted by Crippen LogP contribution is -2.46. The number of hydrogen-bond acceptors (Lipinski definition) is 6. The van der Waals surface area contributed by atoms with Crippen LogP contribution in [0.15, 0.2) is 6.20 Å². The van der Waals surface area contributed by atoms with Crippen LogP contribution in [0.3, 0.4) is 0 Å². The van der Waals surface area contributed by atoms with Crippen LogP contribution >= 0.6 is 23.7 Å². The Morgan fingerprint density at radius 3 is 2.88 bits per heavy atom. The van der Waals surface area contributed by atoms with E-state index in [4.69, 9.17) is 5.73 Å². The molecule has 0 spiro atoms. The van der Waals surface area contributed by atoms with Crippen molar-refractivity contribution in [3.05, 3.63) is 11.1 Å². The Hall–Kier alpha value is -0.370. The molecule has 5 nitrogen and oxygen atoms in total. The van der Waals surface area contributed by atoms with Crippen LogP contribution in [-0.2, 0) is 16.4 Å². The molecule has 0 radical (unpaired) electrons. The maximum atomic E-state index is 11.4. The average Bonchev–Trinajstić information content (AvgIpc) is 2.56. The van der Waals surface area contributed by atoms with E-state index in [2.05, 4.69) is 9.88 Å². The van der Waals surface area contributed by atoms with E-state index in [1.54, 1.807) is 6.20 Å². The summed E-state index contributed by atoms with van der Waals surface area (Å²) in [7, 11) is -2.83. The number of thiazole rings is 1. The van der Waals surface area contributed by atoms with Crippen molar-refractivity contribution in [2.45, 2.75) is 19.5 Å². The van der Waals surface area contributed by atoms with Gasteiger partial charge in [-0.3, -0.25) is 4.90 Å². The lowest BCUT2D eigenvalue weighted by Gasteiger charge is -2.32. The van der Waals surface area contributed by atoms with Gasteiger partial charge in [0.2, 0.25) is 0 Å². The van der Waals surface area contributed by atoms with Gasteiger partial charge in [0.25, 0.3) is 0 Å². The number of nitrogen functional groups attached to an aromatic ring is 1. The lowest BCUT2D eigenvalue weighted by molar-refractivity contribution is 0.220. The summed E-state index contributed by atoms with van der Waals surface area (Å²) < 4.78 is 22.8. The van der Waals surface area contributed by atoms with E-state index in [9.17, 15) is 8.42 Å². The van der Waals surface area contributed by atoms with Crippen LogP contribution in [-0.4, -0.2) is 42.4 Å². The van der Waals surface area contributed by atoms with Crippen molar-refractivity contribution in [2.24, 2.45) is 0 Å². The van der Waals surface area contributed by atoms with Crippen LogP contribution in [0.2, 0.25) is 0 Å². The average molecular weight is 298 g/mol. The monoisotopic (exact) mass is 297 g/mol. The van der Waals surface area contributed by atoms with Gasteiger partial charge < -0.3 is 5.73 Å². The van der Waals surface area contributed by atoms with Gasteiger partial charge in [-0.05, 0) is 6.92 Å². The van der Waals surface area contributed by atoms with Crippen LogP contribution in [0.5, 0.6) is 0 Å². The fraction of sp³-hybridized carbons (Fsp3) is 0.667. The highest BCUT2D eigenvalue weighted by atomic mass is 35.5. The highest BCUT2D eigenvalue weighted by Crippen LogP contribution is 2.20. The molecule has 0 aromatic carbocycles. The maximum Gasteiger partial charge on any atom is 0.180 e. The Bertz CT molecular complexity index is 474.